The van der Waals surface area contributed by atoms with E-state index in [0.717, 1.165) is 12.8 Å². The van der Waals surface area contributed by atoms with E-state index in [4.69, 9.17) is 9.47 Å². The van der Waals surface area contributed by atoms with Crippen LogP contribution in [0.4, 0.5) is 0 Å². The van der Waals surface area contributed by atoms with Gasteiger partial charge in [-0.3, -0.25) is 0 Å². The molecule has 0 N–H and O–H groups in total. The van der Waals surface area contributed by atoms with Crippen molar-refractivity contribution < 1.29 is 28.5 Å². The van der Waals surface area contributed by atoms with Gasteiger partial charge in [-0.15, -0.1) is 0 Å². The van der Waals surface area contributed by atoms with Crippen LogP contribution in [0.15, 0.2) is 0 Å². The van der Waals surface area contributed by atoms with Crippen molar-refractivity contribution in [3.8, 4) is 0 Å². The van der Waals surface area contributed by atoms with Gasteiger partial charge in [-0.1, -0.05) is 13.8 Å². The van der Waals surface area contributed by atoms with Gasteiger partial charge >= 0.3 is 11.9 Å². The van der Waals surface area contributed by atoms with Crippen molar-refractivity contribution >= 4 is 11.9 Å². The highest BCUT2D eigenvalue weighted by atomic mass is 16.7. The molecule has 16 heavy (non-hydrogen) atoms. The van der Waals surface area contributed by atoms with Crippen LogP contribution in [0.5, 0.6) is 0 Å². The van der Waals surface area contributed by atoms with Gasteiger partial charge in [-0.25, -0.2) is 9.59 Å². The summed E-state index contributed by atoms with van der Waals surface area (Å²) in [6.07, 6.45) is 1.62. The molecule has 6 nitrogen and oxygen atoms in total. The highest BCUT2D eigenvalue weighted by molar-refractivity contribution is 6.29. The Bertz CT molecular complexity index is 181. The van der Waals surface area contributed by atoms with Crippen LogP contribution >= 0.6 is 0 Å². The molecule has 0 rings (SSSR count). The molecule has 6 heteroatoms. The topological polar surface area (TPSA) is 71.1 Å². The summed E-state index contributed by atoms with van der Waals surface area (Å²) < 4.78 is 18.7. The lowest BCUT2D eigenvalue weighted by atomic mass is 10.5. The summed E-state index contributed by atoms with van der Waals surface area (Å²) in [7, 11) is 0. The van der Waals surface area contributed by atoms with E-state index in [0.29, 0.717) is 13.2 Å². The second-order valence-electron chi connectivity index (χ2n) is 2.92. The predicted molar refractivity (Wildman–Crippen MR) is 54.4 cm³/mol. The van der Waals surface area contributed by atoms with Gasteiger partial charge in [0.05, 0.1) is 13.2 Å². The molecule has 0 radical (unpaired) electrons. The summed E-state index contributed by atoms with van der Waals surface area (Å²) in [6, 6.07) is 0. The van der Waals surface area contributed by atoms with Crippen molar-refractivity contribution in [2.45, 2.75) is 26.7 Å². The summed E-state index contributed by atoms with van der Waals surface area (Å²) in [4.78, 5) is 21.9. The first-order chi connectivity index (χ1) is 7.72. The summed E-state index contributed by atoms with van der Waals surface area (Å²) in [5.74, 6) is -2.15. The molecular formula is C10H18O6. The van der Waals surface area contributed by atoms with E-state index in [1.165, 1.54) is 0 Å². The van der Waals surface area contributed by atoms with E-state index in [-0.39, 0.29) is 13.6 Å². The van der Waals surface area contributed by atoms with Crippen molar-refractivity contribution in [2.75, 3.05) is 26.8 Å². The van der Waals surface area contributed by atoms with Crippen molar-refractivity contribution in [2.24, 2.45) is 0 Å². The van der Waals surface area contributed by atoms with Crippen LogP contribution in [0.25, 0.3) is 0 Å². The van der Waals surface area contributed by atoms with E-state index >= 15 is 0 Å². The molecular weight excluding hydrogens is 216 g/mol. The van der Waals surface area contributed by atoms with Gasteiger partial charge in [0.2, 0.25) is 0 Å². The molecule has 0 heterocycles. The fraction of sp³-hybridized carbons (Fsp3) is 0.800. The molecule has 94 valence electrons. The molecule has 0 bridgehead atoms. The average Bonchev–Trinajstić information content (AvgIpc) is 2.29. The molecule has 0 aromatic carbocycles. The van der Waals surface area contributed by atoms with E-state index in [2.05, 4.69) is 9.47 Å². The molecule has 0 spiro atoms. The molecule has 0 aromatic heterocycles. The second-order valence-corrected chi connectivity index (χ2v) is 2.92. The number of esters is 2. The van der Waals surface area contributed by atoms with Crippen LogP contribution in [0.3, 0.4) is 0 Å². The van der Waals surface area contributed by atoms with Crippen LogP contribution in [0.1, 0.15) is 26.7 Å². The number of hydrogen-bond acceptors (Lipinski definition) is 6. The van der Waals surface area contributed by atoms with Crippen LogP contribution in [0.2, 0.25) is 0 Å². The average molecular weight is 234 g/mol. The molecule has 0 saturated heterocycles. The minimum absolute atomic E-state index is 0.239. The Balaban J connectivity index is 3.46. The Morgan fingerprint density at radius 2 is 1.19 bits per heavy atom. The third-order valence-corrected chi connectivity index (χ3v) is 1.41. The van der Waals surface area contributed by atoms with Crippen molar-refractivity contribution in [1.82, 2.24) is 0 Å². The number of hydrogen-bond donors (Lipinski definition) is 0. The lowest BCUT2D eigenvalue weighted by Gasteiger charge is -2.05. The Morgan fingerprint density at radius 1 is 0.812 bits per heavy atom. The number of carbonyl (C=O) groups is 2. The zero-order valence-corrected chi connectivity index (χ0v) is 9.69. The minimum atomic E-state index is -1.07. The third-order valence-electron chi connectivity index (χ3n) is 1.41. The van der Waals surface area contributed by atoms with Gasteiger partial charge in [0.25, 0.3) is 0 Å². The lowest BCUT2D eigenvalue weighted by Crippen LogP contribution is -2.22. The second kappa shape index (κ2) is 10.4. The van der Waals surface area contributed by atoms with Crippen molar-refractivity contribution in [3.05, 3.63) is 0 Å². The fourth-order valence-electron chi connectivity index (χ4n) is 0.715. The van der Waals surface area contributed by atoms with E-state index in [9.17, 15) is 9.59 Å². The van der Waals surface area contributed by atoms with Crippen molar-refractivity contribution in [1.29, 1.82) is 0 Å². The smallest absolute Gasteiger partial charge is 0.419 e. The maximum absolute atomic E-state index is 10.9. The molecule has 0 aliphatic rings. The fourth-order valence-corrected chi connectivity index (χ4v) is 0.715. The number of rotatable bonds is 8. The maximum Gasteiger partial charge on any atom is 0.419 e. The molecule has 0 aliphatic heterocycles. The monoisotopic (exact) mass is 234 g/mol. The van der Waals surface area contributed by atoms with E-state index in [1.807, 2.05) is 13.8 Å². The van der Waals surface area contributed by atoms with Crippen LogP contribution in [-0.4, -0.2) is 38.7 Å². The normalized spacial score (nSPS) is 9.88. The molecule has 0 atom stereocenters. The van der Waals surface area contributed by atoms with Crippen molar-refractivity contribution in [3.63, 3.8) is 0 Å². The highest BCUT2D eigenvalue weighted by Gasteiger charge is 2.16. The predicted octanol–water partition coefficient (Wildman–Crippen LogP) is 0.841. The summed E-state index contributed by atoms with van der Waals surface area (Å²) in [5, 5.41) is 0. The molecule has 0 saturated carbocycles. The van der Waals surface area contributed by atoms with Gasteiger partial charge < -0.3 is 18.9 Å². The minimum Gasteiger partial charge on any atom is -0.430 e. The molecule has 0 amide bonds. The van der Waals surface area contributed by atoms with Crippen LogP contribution in [0, 0.1) is 0 Å². The van der Waals surface area contributed by atoms with E-state index < -0.39 is 11.9 Å². The first kappa shape index (κ1) is 14.9. The standard InChI is InChI=1S/C10H18O6/c1-3-5-13-7-15-9(11)10(12)16-8-14-6-4-2/h3-8H2,1-2H3. The molecule has 0 fully saturated rings. The van der Waals surface area contributed by atoms with Crippen LogP contribution in [-0.2, 0) is 28.5 Å². The summed E-state index contributed by atoms with van der Waals surface area (Å²) >= 11 is 0. The SMILES string of the molecule is CCCOCOC(=O)C(=O)OCOCCC. The quantitative estimate of drug-likeness (QED) is 0.268. The molecule has 0 aliphatic carbocycles. The number of ether oxygens (including phenoxy) is 4. The number of carbonyl (C=O) groups excluding carboxylic acids is 2. The zero-order valence-electron chi connectivity index (χ0n) is 9.69. The van der Waals surface area contributed by atoms with Gasteiger partial charge in [-0.2, -0.15) is 0 Å². The Kier molecular flexibility index (Phi) is 9.64. The maximum atomic E-state index is 10.9. The molecule has 0 unspecified atom stereocenters. The first-order valence-corrected chi connectivity index (χ1v) is 5.21. The lowest BCUT2D eigenvalue weighted by molar-refractivity contribution is -0.181. The van der Waals surface area contributed by atoms with Gasteiger partial charge in [0.15, 0.2) is 13.6 Å². The zero-order chi connectivity index (χ0) is 12.2. The van der Waals surface area contributed by atoms with Gasteiger partial charge in [0, 0.05) is 0 Å². The first-order valence-electron chi connectivity index (χ1n) is 5.21. The third kappa shape index (κ3) is 8.19. The van der Waals surface area contributed by atoms with Crippen LogP contribution < -0.4 is 0 Å². The largest absolute Gasteiger partial charge is 0.430 e. The Labute approximate surface area is 94.8 Å². The highest BCUT2D eigenvalue weighted by Crippen LogP contribution is 1.89. The van der Waals surface area contributed by atoms with Gasteiger partial charge in [-0.05, 0) is 12.8 Å². The van der Waals surface area contributed by atoms with Gasteiger partial charge in [0.1, 0.15) is 0 Å². The Morgan fingerprint density at radius 3 is 1.50 bits per heavy atom. The summed E-state index contributed by atoms with van der Waals surface area (Å²) in [5.41, 5.74) is 0. The Hall–Kier alpha value is -1.14. The summed E-state index contributed by atoms with van der Waals surface area (Å²) in [6.45, 7) is 4.31. The molecule has 0 aromatic rings. The van der Waals surface area contributed by atoms with E-state index in [1.54, 1.807) is 0 Å².